The largest absolute Gasteiger partial charge is 0.506 e. The molecule has 8 rings (SSSR count). The molecule has 4 aromatic heterocycles. The van der Waals surface area contributed by atoms with Crippen LogP contribution in [0.2, 0.25) is 0 Å². The second kappa shape index (κ2) is 14.1. The minimum Gasteiger partial charge on any atom is -0.506 e. The molecule has 0 saturated heterocycles. The highest BCUT2D eigenvalue weighted by Crippen LogP contribution is 2.67. The van der Waals surface area contributed by atoms with Crippen LogP contribution in [0, 0.1) is 23.7 Å². The van der Waals surface area contributed by atoms with Crippen LogP contribution in [-0.4, -0.2) is 52.9 Å². The van der Waals surface area contributed by atoms with Crippen LogP contribution in [0.3, 0.4) is 0 Å². The van der Waals surface area contributed by atoms with E-state index in [1.54, 1.807) is 11.1 Å². The van der Waals surface area contributed by atoms with E-state index in [0.717, 1.165) is 77.0 Å². The van der Waals surface area contributed by atoms with E-state index in [0.29, 0.717) is 41.1 Å². The average Bonchev–Trinajstić information content (AvgIpc) is 3.68. The summed E-state index contributed by atoms with van der Waals surface area (Å²) < 4.78 is 3.04. The van der Waals surface area contributed by atoms with Crippen molar-refractivity contribution >= 4 is 44.2 Å². The average molecular weight is 737 g/mol. The van der Waals surface area contributed by atoms with Gasteiger partial charge in [-0.3, -0.25) is 19.7 Å². The van der Waals surface area contributed by atoms with Crippen molar-refractivity contribution in [3.8, 4) is 11.1 Å². The molecule has 4 bridgehead atoms. The number of anilines is 1. The SMILES string of the molecule is C=C(O)c1nc(/C(=C/C(=C(C)C)N(CCC)C(=O)Nc2nc3ncccc3s2)CC)ccc1-c1cnn(CC23CC4CC(C)(C2)CC(ON)(C4)C3)c1C. The van der Waals surface area contributed by atoms with E-state index >= 15 is 0 Å². The fourth-order valence-corrected chi connectivity index (χ4v) is 11.0. The Kier molecular flexibility index (Phi) is 9.84. The number of hydrogen-bond acceptors (Lipinski definition) is 9. The zero-order valence-electron chi connectivity index (χ0n) is 31.8. The molecular formula is C41H52N8O3S. The van der Waals surface area contributed by atoms with E-state index in [1.165, 1.54) is 24.2 Å². The lowest BCUT2D eigenvalue weighted by molar-refractivity contribution is -0.224. The molecule has 11 nitrogen and oxygen atoms in total. The highest BCUT2D eigenvalue weighted by atomic mass is 32.1. The van der Waals surface area contributed by atoms with Gasteiger partial charge in [0.25, 0.3) is 0 Å². The standard InChI is InChI=1S/C41H52N8O3S/c1-8-15-48(38(51)47-37-46-36-34(53-37)11-10-14-43-36)33(25(3)4)16-29(9-2)32-13-12-30(35(45-32)27(6)50)31-20-44-49(26(31)5)24-40-18-28-17-39(7,21-40)22-41(19-28,23-40)52-42/h10-14,16,20,28,50H,6,8-9,15,17-19,21-24,42H2,1-5,7H3,(H,43,46,47,51)/b29-16+. The molecular weight excluding hydrogens is 685 g/mol. The number of allylic oxidation sites excluding steroid dienone is 3. The van der Waals surface area contributed by atoms with Gasteiger partial charge in [-0.1, -0.05) is 44.3 Å². The molecule has 4 unspecified atom stereocenters. The molecule has 280 valence electrons. The number of hydrogen-bond donors (Lipinski definition) is 3. The van der Waals surface area contributed by atoms with Gasteiger partial charge in [-0.25, -0.2) is 20.7 Å². The number of nitrogens with one attached hydrogen (secondary N) is 1. The third kappa shape index (κ3) is 7.04. The summed E-state index contributed by atoms with van der Waals surface area (Å²) in [7, 11) is 0. The van der Waals surface area contributed by atoms with E-state index in [9.17, 15) is 9.90 Å². The van der Waals surface area contributed by atoms with Gasteiger partial charge in [-0.15, -0.1) is 0 Å². The molecule has 2 amide bonds. The fraction of sp³-hybridized carbons (Fsp3) is 0.488. The van der Waals surface area contributed by atoms with Gasteiger partial charge >= 0.3 is 6.03 Å². The lowest BCUT2D eigenvalue weighted by Crippen LogP contribution is -2.62. The number of nitrogens with two attached hydrogens (primary N) is 1. The Bertz CT molecular complexity index is 2100. The van der Waals surface area contributed by atoms with Crippen molar-refractivity contribution in [2.24, 2.45) is 22.6 Å². The summed E-state index contributed by atoms with van der Waals surface area (Å²) in [5.41, 5.74) is 7.22. The van der Waals surface area contributed by atoms with Crippen molar-refractivity contribution in [2.45, 2.75) is 105 Å². The first-order valence-electron chi connectivity index (χ1n) is 18.8. The Morgan fingerprint density at radius 1 is 1.17 bits per heavy atom. The quantitative estimate of drug-likeness (QED) is 0.0741. The first-order valence-corrected chi connectivity index (χ1v) is 19.6. The Balaban J connectivity index is 1.17. The number of aliphatic hydroxyl groups is 1. The number of carbonyl (C=O) groups excluding carboxylic acids is 1. The maximum absolute atomic E-state index is 13.8. The van der Waals surface area contributed by atoms with Gasteiger partial charge in [0.15, 0.2) is 10.8 Å². The lowest BCUT2D eigenvalue weighted by Gasteiger charge is -2.65. The second-order valence-electron chi connectivity index (χ2n) is 16.3. The molecule has 12 heteroatoms. The van der Waals surface area contributed by atoms with E-state index in [1.807, 2.05) is 57.3 Å². The number of thiazole rings is 1. The number of aromatic nitrogens is 5. The van der Waals surface area contributed by atoms with Crippen LogP contribution in [0.25, 0.3) is 32.8 Å². The lowest BCUT2D eigenvalue weighted by atomic mass is 9.43. The van der Waals surface area contributed by atoms with E-state index in [4.69, 9.17) is 20.8 Å². The molecule has 53 heavy (non-hydrogen) atoms. The van der Waals surface area contributed by atoms with Crippen LogP contribution in [0.5, 0.6) is 0 Å². The van der Waals surface area contributed by atoms with Gasteiger partial charge in [0.2, 0.25) is 0 Å². The summed E-state index contributed by atoms with van der Waals surface area (Å²) in [6.07, 6.45) is 13.7. The molecule has 4 aliphatic rings. The molecule has 4 atom stereocenters. The molecule has 4 aliphatic carbocycles. The third-order valence-electron chi connectivity index (χ3n) is 11.6. The summed E-state index contributed by atoms with van der Waals surface area (Å²) in [5.74, 6) is 6.49. The summed E-state index contributed by atoms with van der Waals surface area (Å²) >= 11 is 1.40. The van der Waals surface area contributed by atoms with Gasteiger partial charge in [-0.2, -0.15) is 10.1 Å². The number of urea groups is 1. The Morgan fingerprint density at radius 3 is 2.66 bits per heavy atom. The van der Waals surface area contributed by atoms with E-state index in [-0.39, 0.29) is 28.2 Å². The number of nitrogens with zero attached hydrogens (tertiary/aromatic N) is 6. The Labute approximate surface area is 316 Å². The number of pyridine rings is 2. The molecule has 4 heterocycles. The molecule has 0 aromatic carbocycles. The van der Waals surface area contributed by atoms with Crippen LogP contribution in [0.15, 0.2) is 60.6 Å². The number of rotatable bonds is 12. The highest BCUT2D eigenvalue weighted by molar-refractivity contribution is 7.22. The number of amides is 2. The van der Waals surface area contributed by atoms with Crippen LogP contribution in [0.4, 0.5) is 9.93 Å². The van der Waals surface area contributed by atoms with Gasteiger partial charge in [0.05, 0.1) is 22.2 Å². The molecule has 4 aromatic rings. The highest BCUT2D eigenvalue weighted by Gasteiger charge is 2.62. The summed E-state index contributed by atoms with van der Waals surface area (Å²) in [6.45, 7) is 17.8. The van der Waals surface area contributed by atoms with Gasteiger partial charge in [0, 0.05) is 41.8 Å². The van der Waals surface area contributed by atoms with Gasteiger partial charge in [0.1, 0.15) is 11.5 Å². The second-order valence-corrected chi connectivity index (χ2v) is 17.3. The minimum atomic E-state index is -0.262. The van der Waals surface area contributed by atoms with E-state index < -0.39 is 0 Å². The third-order valence-corrected chi connectivity index (χ3v) is 12.5. The van der Waals surface area contributed by atoms with Gasteiger partial charge < -0.3 is 5.11 Å². The van der Waals surface area contributed by atoms with Gasteiger partial charge in [-0.05, 0) is 125 Å². The summed E-state index contributed by atoms with van der Waals surface area (Å²) in [6, 6.07) is 7.52. The van der Waals surface area contributed by atoms with Crippen LogP contribution >= 0.6 is 11.3 Å². The molecule has 4 N–H and O–H groups in total. The topological polar surface area (TPSA) is 144 Å². The van der Waals surface area contributed by atoms with Crippen molar-refractivity contribution in [1.82, 2.24) is 29.6 Å². The zero-order chi connectivity index (χ0) is 37.7. The summed E-state index contributed by atoms with van der Waals surface area (Å²) in [5, 5.41) is 19.3. The molecule has 0 aliphatic heterocycles. The monoisotopic (exact) mass is 736 g/mol. The Morgan fingerprint density at radius 2 is 1.98 bits per heavy atom. The maximum Gasteiger partial charge on any atom is 0.328 e. The van der Waals surface area contributed by atoms with Crippen molar-refractivity contribution in [3.05, 3.63) is 77.7 Å². The smallest absolute Gasteiger partial charge is 0.328 e. The van der Waals surface area contributed by atoms with Crippen LogP contribution < -0.4 is 11.2 Å². The first-order chi connectivity index (χ1) is 25.3. The normalized spacial score (nSPS) is 24.8. The van der Waals surface area contributed by atoms with Crippen molar-refractivity contribution in [3.63, 3.8) is 0 Å². The predicted octanol–water partition coefficient (Wildman–Crippen LogP) is 9.44. The Hall–Kier alpha value is -4.39. The zero-order valence-corrected chi connectivity index (χ0v) is 32.6. The maximum atomic E-state index is 13.8. The number of fused-ring (bicyclic) bond motifs is 1. The van der Waals surface area contributed by atoms with Crippen molar-refractivity contribution in [1.29, 1.82) is 0 Å². The molecule has 4 saturated carbocycles. The predicted molar refractivity (Wildman–Crippen MR) is 212 cm³/mol. The van der Waals surface area contributed by atoms with Crippen molar-refractivity contribution in [2.75, 3.05) is 11.9 Å². The fourth-order valence-electron chi connectivity index (χ4n) is 10.2. The van der Waals surface area contributed by atoms with E-state index in [2.05, 4.69) is 47.3 Å². The molecule has 0 radical (unpaired) electrons. The first kappa shape index (κ1) is 36.9. The number of aliphatic hydroxyl groups excluding tert-OH is 1. The number of carbonyl (C=O) groups is 1. The summed E-state index contributed by atoms with van der Waals surface area (Å²) in [4.78, 5) is 35.1. The van der Waals surface area contributed by atoms with Crippen molar-refractivity contribution < 1.29 is 14.7 Å². The van der Waals surface area contributed by atoms with Crippen LogP contribution in [-0.2, 0) is 11.4 Å². The van der Waals surface area contributed by atoms with Crippen LogP contribution in [0.1, 0.15) is 103 Å². The minimum absolute atomic E-state index is 0.0880. The molecule has 4 fully saturated rings. The molecule has 0 spiro atoms.